The molecule has 1 aliphatic heterocycles. The van der Waals surface area contributed by atoms with E-state index in [1.165, 1.54) is 32.4 Å². The number of nitrogen functional groups attached to an aromatic ring is 1. The molecule has 3 aromatic rings. The highest BCUT2D eigenvalue weighted by molar-refractivity contribution is 9.10. The number of halogens is 1. The van der Waals surface area contributed by atoms with Crippen LogP contribution in [0.3, 0.4) is 0 Å². The molecule has 0 atom stereocenters. The van der Waals surface area contributed by atoms with Gasteiger partial charge in [0.15, 0.2) is 5.65 Å². The van der Waals surface area contributed by atoms with Crippen LogP contribution in [0.4, 0.5) is 5.82 Å². The second-order valence-electron chi connectivity index (χ2n) is 5.08. The quantitative estimate of drug-likeness (QED) is 0.615. The number of nitrogens with zero attached hydrogens (tertiary/aromatic N) is 4. The van der Waals surface area contributed by atoms with Crippen LogP contribution in [0.5, 0.6) is 0 Å². The van der Waals surface area contributed by atoms with Gasteiger partial charge in [-0.05, 0) is 41.9 Å². The highest BCUT2D eigenvalue weighted by Gasteiger charge is 2.11. The monoisotopic (exact) mass is 363 g/mol. The largest absolute Gasteiger partial charge is 0.383 e. The van der Waals surface area contributed by atoms with Gasteiger partial charge in [0.2, 0.25) is 0 Å². The molecular weight excluding hydrogens is 346 g/mol. The summed E-state index contributed by atoms with van der Waals surface area (Å²) < 4.78 is 2.31. The second kappa shape index (κ2) is 6.89. The Morgan fingerprint density at radius 3 is 2.55 bits per heavy atom. The summed E-state index contributed by atoms with van der Waals surface area (Å²) in [7, 11) is 0. The number of fused-ring (bicyclic) bond motifs is 1. The molecule has 0 spiro atoms. The van der Waals surface area contributed by atoms with E-state index in [-0.39, 0.29) is 0 Å². The van der Waals surface area contributed by atoms with Crippen LogP contribution in [0.1, 0.15) is 19.3 Å². The van der Waals surface area contributed by atoms with Crippen LogP contribution in [-0.4, -0.2) is 37.9 Å². The van der Waals surface area contributed by atoms with Crippen molar-refractivity contribution in [3.8, 4) is 11.1 Å². The number of aromatic amines is 1. The van der Waals surface area contributed by atoms with Gasteiger partial charge in [0, 0.05) is 23.5 Å². The number of aromatic nitrogens is 5. The van der Waals surface area contributed by atoms with E-state index in [1.807, 2.05) is 0 Å². The average molecular weight is 364 g/mol. The van der Waals surface area contributed by atoms with E-state index in [1.54, 1.807) is 29.3 Å². The first-order valence-electron chi connectivity index (χ1n) is 7.25. The summed E-state index contributed by atoms with van der Waals surface area (Å²) in [6, 6.07) is 0. The Balaban J connectivity index is 0.000000202. The summed E-state index contributed by atoms with van der Waals surface area (Å²) in [5.41, 5.74) is 8.42. The summed E-state index contributed by atoms with van der Waals surface area (Å²) in [6.45, 7) is 2.50. The normalized spacial score (nSPS) is 14.6. The Bertz CT molecular complexity index is 720. The van der Waals surface area contributed by atoms with Gasteiger partial charge in [-0.3, -0.25) is 5.10 Å². The van der Waals surface area contributed by atoms with Crippen LogP contribution >= 0.6 is 15.9 Å². The van der Waals surface area contributed by atoms with Crippen LogP contribution in [0.25, 0.3) is 16.8 Å². The number of H-pyrrole nitrogens is 1. The number of nitrogens with one attached hydrogen (secondary N) is 2. The fourth-order valence-electron chi connectivity index (χ4n) is 2.33. The van der Waals surface area contributed by atoms with E-state index >= 15 is 0 Å². The molecule has 4 rings (SSSR count). The predicted molar refractivity (Wildman–Crippen MR) is 89.4 cm³/mol. The lowest BCUT2D eigenvalue weighted by Gasteiger charge is -2.08. The Labute approximate surface area is 136 Å². The van der Waals surface area contributed by atoms with Crippen LogP contribution in [-0.2, 0) is 0 Å². The first-order valence-corrected chi connectivity index (χ1v) is 8.04. The third-order valence-electron chi connectivity index (χ3n) is 3.53. The lowest BCUT2D eigenvalue weighted by atomic mass is 10.2. The molecule has 1 saturated heterocycles. The van der Waals surface area contributed by atoms with Gasteiger partial charge in [0.05, 0.1) is 16.9 Å². The Hall–Kier alpha value is -1.93. The molecule has 8 heteroatoms. The van der Waals surface area contributed by atoms with Crippen molar-refractivity contribution in [3.63, 3.8) is 0 Å². The van der Waals surface area contributed by atoms with Crippen molar-refractivity contribution < 1.29 is 0 Å². The standard InChI is InChI=1S/C9H7BrN6.C5H11N/c10-7-4-12-9-6(5-1-13-14-2-5)3-15-16(9)8(7)11;1-2-4-6-5-3-1/h1-4H,11H2,(H,13,14);6H,1-5H2. The molecular formula is C14H18BrN7. The topological polar surface area (TPSA) is 96.9 Å². The Morgan fingerprint density at radius 2 is 1.95 bits per heavy atom. The highest BCUT2D eigenvalue weighted by Crippen LogP contribution is 2.26. The molecule has 0 saturated carbocycles. The van der Waals surface area contributed by atoms with Gasteiger partial charge < -0.3 is 11.1 Å². The first-order chi connectivity index (χ1) is 10.8. The third-order valence-corrected chi connectivity index (χ3v) is 4.14. The molecule has 116 valence electrons. The predicted octanol–water partition coefficient (Wildman–Crippen LogP) is 2.22. The number of piperidine rings is 1. The number of anilines is 1. The lowest BCUT2D eigenvalue weighted by molar-refractivity contribution is 0.520. The van der Waals surface area contributed by atoms with Crippen molar-refractivity contribution in [1.82, 2.24) is 30.1 Å². The van der Waals surface area contributed by atoms with Gasteiger partial charge in [-0.25, -0.2) is 4.98 Å². The number of rotatable bonds is 1. The summed E-state index contributed by atoms with van der Waals surface area (Å²) >= 11 is 3.31. The van der Waals surface area contributed by atoms with Crippen LogP contribution < -0.4 is 11.1 Å². The number of hydrogen-bond donors (Lipinski definition) is 3. The van der Waals surface area contributed by atoms with E-state index < -0.39 is 0 Å². The van der Waals surface area contributed by atoms with Crippen molar-refractivity contribution in [2.24, 2.45) is 0 Å². The SMILES string of the molecule is C1CCNCC1.Nc1c(Br)cnc2c(-c3cn[nH]c3)cnn12. The molecule has 3 aromatic heterocycles. The zero-order valence-electron chi connectivity index (χ0n) is 12.1. The molecule has 0 amide bonds. The van der Waals surface area contributed by atoms with E-state index in [2.05, 4.69) is 41.5 Å². The molecule has 7 nitrogen and oxygen atoms in total. The molecule has 22 heavy (non-hydrogen) atoms. The lowest BCUT2D eigenvalue weighted by Crippen LogP contribution is -2.21. The van der Waals surface area contributed by atoms with Gasteiger partial charge in [-0.15, -0.1) is 0 Å². The number of nitrogens with two attached hydrogens (primary N) is 1. The van der Waals surface area contributed by atoms with Gasteiger partial charge in [0.25, 0.3) is 0 Å². The van der Waals surface area contributed by atoms with Crippen molar-refractivity contribution in [3.05, 3.63) is 29.3 Å². The summed E-state index contributed by atoms with van der Waals surface area (Å²) in [6.07, 6.45) is 11.1. The van der Waals surface area contributed by atoms with E-state index in [4.69, 9.17) is 5.73 Å². The third kappa shape index (κ3) is 3.12. The van der Waals surface area contributed by atoms with E-state index in [0.29, 0.717) is 11.5 Å². The van der Waals surface area contributed by atoms with Gasteiger partial charge in [0.1, 0.15) is 5.82 Å². The minimum absolute atomic E-state index is 0.528. The zero-order chi connectivity index (χ0) is 15.4. The van der Waals surface area contributed by atoms with Crippen molar-refractivity contribution in [2.45, 2.75) is 19.3 Å². The molecule has 0 radical (unpaired) electrons. The smallest absolute Gasteiger partial charge is 0.165 e. The molecule has 0 unspecified atom stereocenters. The van der Waals surface area contributed by atoms with Crippen molar-refractivity contribution in [1.29, 1.82) is 0 Å². The average Bonchev–Trinajstić information content (AvgIpc) is 3.22. The van der Waals surface area contributed by atoms with Gasteiger partial charge in [-0.1, -0.05) is 6.42 Å². The molecule has 4 N–H and O–H groups in total. The first kappa shape index (κ1) is 15.0. The minimum Gasteiger partial charge on any atom is -0.383 e. The molecule has 1 fully saturated rings. The van der Waals surface area contributed by atoms with Crippen LogP contribution in [0.15, 0.2) is 29.3 Å². The fraction of sp³-hybridized carbons (Fsp3) is 0.357. The Kier molecular flexibility index (Phi) is 4.69. The zero-order valence-corrected chi connectivity index (χ0v) is 13.7. The second-order valence-corrected chi connectivity index (χ2v) is 5.94. The molecule has 0 aromatic carbocycles. The maximum atomic E-state index is 5.88. The minimum atomic E-state index is 0.528. The van der Waals surface area contributed by atoms with E-state index in [9.17, 15) is 0 Å². The molecule has 4 heterocycles. The Morgan fingerprint density at radius 1 is 1.14 bits per heavy atom. The van der Waals surface area contributed by atoms with Gasteiger partial charge in [-0.2, -0.15) is 14.7 Å². The molecule has 0 aliphatic carbocycles. The van der Waals surface area contributed by atoms with Gasteiger partial charge >= 0.3 is 0 Å². The van der Waals surface area contributed by atoms with E-state index in [0.717, 1.165) is 15.6 Å². The molecule has 1 aliphatic rings. The van der Waals surface area contributed by atoms with Crippen molar-refractivity contribution >= 4 is 27.4 Å². The summed E-state index contributed by atoms with van der Waals surface area (Å²) in [4.78, 5) is 4.29. The van der Waals surface area contributed by atoms with Crippen LogP contribution in [0, 0.1) is 0 Å². The number of hydrogen-bond acceptors (Lipinski definition) is 5. The summed E-state index contributed by atoms with van der Waals surface area (Å²) in [5, 5.41) is 14.1. The van der Waals surface area contributed by atoms with Crippen LogP contribution in [0.2, 0.25) is 0 Å². The molecule has 0 bridgehead atoms. The maximum absolute atomic E-state index is 5.88. The van der Waals surface area contributed by atoms with Crippen molar-refractivity contribution in [2.75, 3.05) is 18.8 Å². The fourth-order valence-corrected chi connectivity index (χ4v) is 2.60. The summed E-state index contributed by atoms with van der Waals surface area (Å²) in [5.74, 6) is 0.528. The highest BCUT2D eigenvalue weighted by atomic mass is 79.9. The maximum Gasteiger partial charge on any atom is 0.165 e.